The van der Waals surface area contributed by atoms with Crippen LogP contribution in [0.4, 0.5) is 0 Å². The van der Waals surface area contributed by atoms with Gasteiger partial charge in [-0.2, -0.15) is 0 Å². The van der Waals surface area contributed by atoms with E-state index in [1.165, 1.54) is 12.0 Å². The van der Waals surface area contributed by atoms with Crippen LogP contribution in [0.3, 0.4) is 0 Å². The van der Waals surface area contributed by atoms with Crippen LogP contribution in [0.5, 0.6) is 0 Å². The van der Waals surface area contributed by atoms with Gasteiger partial charge >= 0.3 is 0 Å². The Balaban J connectivity index is 1.86. The molecule has 1 aliphatic heterocycles. The number of carbonyl (C=O) groups is 1. The highest BCUT2D eigenvalue weighted by atomic mass is 16.2. The fourth-order valence-corrected chi connectivity index (χ4v) is 2.07. The summed E-state index contributed by atoms with van der Waals surface area (Å²) < 4.78 is 0. The van der Waals surface area contributed by atoms with Crippen LogP contribution in [0, 0.1) is 5.92 Å². The Hall–Kier alpha value is -0.790. The first-order chi connectivity index (χ1) is 6.27. The van der Waals surface area contributed by atoms with Gasteiger partial charge in [-0.25, -0.2) is 0 Å². The number of allylic oxidation sites excluding steroid dienone is 1. The van der Waals surface area contributed by atoms with Crippen LogP contribution < -0.4 is 0 Å². The lowest BCUT2D eigenvalue weighted by atomic mass is 9.85. The van der Waals surface area contributed by atoms with Crippen LogP contribution in [0.15, 0.2) is 12.2 Å². The zero-order chi connectivity index (χ0) is 9.26. The van der Waals surface area contributed by atoms with E-state index in [9.17, 15) is 4.79 Å². The molecule has 1 aliphatic carbocycles. The third-order valence-electron chi connectivity index (χ3n) is 3.21. The van der Waals surface area contributed by atoms with Crippen LogP contribution in [-0.2, 0) is 4.79 Å². The van der Waals surface area contributed by atoms with Crippen molar-refractivity contribution in [1.82, 2.24) is 4.90 Å². The molecule has 0 bridgehead atoms. The van der Waals surface area contributed by atoms with Crippen molar-refractivity contribution in [3.05, 3.63) is 12.2 Å². The molecule has 2 nitrogen and oxygen atoms in total. The predicted octanol–water partition coefficient (Wildman–Crippen LogP) is 1.97. The highest BCUT2D eigenvalue weighted by Gasteiger charge is 2.29. The molecule has 2 aliphatic rings. The fraction of sp³-hybridized carbons (Fsp3) is 0.727. The maximum absolute atomic E-state index is 11.8. The first-order valence-corrected chi connectivity index (χ1v) is 5.23. The lowest BCUT2D eigenvalue weighted by Crippen LogP contribution is -2.45. The van der Waals surface area contributed by atoms with Gasteiger partial charge in [0.25, 0.3) is 0 Å². The molecule has 72 valence electrons. The standard InChI is InChI=1S/C11H17NO/c1-9-3-5-10(6-4-9)11(13)12-7-2-8-12/h10H,1-8H2. The molecule has 0 N–H and O–H groups in total. The summed E-state index contributed by atoms with van der Waals surface area (Å²) in [5.41, 5.74) is 1.33. The van der Waals surface area contributed by atoms with E-state index < -0.39 is 0 Å². The monoisotopic (exact) mass is 179 g/mol. The second kappa shape index (κ2) is 3.52. The lowest BCUT2D eigenvalue weighted by Gasteiger charge is -2.35. The third kappa shape index (κ3) is 1.77. The summed E-state index contributed by atoms with van der Waals surface area (Å²) in [6, 6.07) is 0. The molecule has 2 rings (SSSR count). The minimum atomic E-state index is 0.311. The second-order valence-corrected chi connectivity index (χ2v) is 4.20. The van der Waals surface area contributed by atoms with Crippen LogP contribution >= 0.6 is 0 Å². The molecule has 13 heavy (non-hydrogen) atoms. The number of amides is 1. The lowest BCUT2D eigenvalue weighted by molar-refractivity contribution is -0.139. The SMILES string of the molecule is C=C1CCC(C(=O)N2CCC2)CC1. The average Bonchev–Trinajstić information content (AvgIpc) is 2.02. The largest absolute Gasteiger partial charge is 0.342 e. The van der Waals surface area contributed by atoms with E-state index in [1.54, 1.807) is 0 Å². The minimum absolute atomic E-state index is 0.311. The average molecular weight is 179 g/mol. The van der Waals surface area contributed by atoms with Crippen molar-refractivity contribution in [2.45, 2.75) is 32.1 Å². The molecule has 0 atom stereocenters. The zero-order valence-corrected chi connectivity index (χ0v) is 8.09. The van der Waals surface area contributed by atoms with Gasteiger partial charge in [0.2, 0.25) is 5.91 Å². The van der Waals surface area contributed by atoms with Crippen molar-refractivity contribution in [2.75, 3.05) is 13.1 Å². The summed E-state index contributed by atoms with van der Waals surface area (Å²) in [7, 11) is 0. The molecule has 0 aromatic rings. The van der Waals surface area contributed by atoms with Crippen LogP contribution in [0.25, 0.3) is 0 Å². The molecular formula is C11H17NO. The number of hydrogen-bond donors (Lipinski definition) is 0. The molecule has 1 saturated heterocycles. The van der Waals surface area contributed by atoms with Crippen LogP contribution in [0.2, 0.25) is 0 Å². The normalized spacial score (nSPS) is 24.3. The Labute approximate surface area is 79.6 Å². The Morgan fingerprint density at radius 2 is 1.92 bits per heavy atom. The Bertz CT molecular complexity index is 220. The van der Waals surface area contributed by atoms with Crippen molar-refractivity contribution in [2.24, 2.45) is 5.92 Å². The Morgan fingerprint density at radius 1 is 1.31 bits per heavy atom. The summed E-state index contributed by atoms with van der Waals surface area (Å²) in [6.45, 7) is 5.95. The van der Waals surface area contributed by atoms with Gasteiger partial charge in [-0.3, -0.25) is 4.79 Å². The maximum atomic E-state index is 11.8. The van der Waals surface area contributed by atoms with E-state index in [2.05, 4.69) is 6.58 Å². The number of carbonyl (C=O) groups excluding carboxylic acids is 1. The third-order valence-corrected chi connectivity index (χ3v) is 3.21. The summed E-state index contributed by atoms with van der Waals surface area (Å²) >= 11 is 0. The van der Waals surface area contributed by atoms with Crippen molar-refractivity contribution in [3.8, 4) is 0 Å². The highest BCUT2D eigenvalue weighted by molar-refractivity contribution is 5.79. The number of hydrogen-bond acceptors (Lipinski definition) is 1. The smallest absolute Gasteiger partial charge is 0.225 e. The second-order valence-electron chi connectivity index (χ2n) is 4.20. The quantitative estimate of drug-likeness (QED) is 0.563. The molecule has 2 heteroatoms. The minimum Gasteiger partial charge on any atom is -0.342 e. The van der Waals surface area contributed by atoms with Crippen molar-refractivity contribution >= 4 is 5.91 Å². The van der Waals surface area contributed by atoms with E-state index in [4.69, 9.17) is 0 Å². The van der Waals surface area contributed by atoms with E-state index in [-0.39, 0.29) is 0 Å². The van der Waals surface area contributed by atoms with Crippen LogP contribution in [-0.4, -0.2) is 23.9 Å². The number of likely N-dealkylation sites (tertiary alicyclic amines) is 1. The first-order valence-electron chi connectivity index (χ1n) is 5.23. The van der Waals surface area contributed by atoms with Crippen molar-refractivity contribution < 1.29 is 4.79 Å². The molecule has 0 spiro atoms. The maximum Gasteiger partial charge on any atom is 0.225 e. The molecule has 0 aromatic carbocycles. The summed E-state index contributed by atoms with van der Waals surface area (Å²) in [4.78, 5) is 13.8. The van der Waals surface area contributed by atoms with Gasteiger partial charge in [-0.05, 0) is 32.1 Å². The summed E-state index contributed by atoms with van der Waals surface area (Å²) in [5, 5.41) is 0. The molecular weight excluding hydrogens is 162 g/mol. The van der Waals surface area contributed by atoms with E-state index in [0.29, 0.717) is 11.8 Å². The van der Waals surface area contributed by atoms with E-state index in [1.807, 2.05) is 4.90 Å². The molecule has 0 unspecified atom stereocenters. The van der Waals surface area contributed by atoms with Gasteiger partial charge in [0, 0.05) is 19.0 Å². The molecule has 1 amide bonds. The summed E-state index contributed by atoms with van der Waals surface area (Å²) in [5.74, 6) is 0.713. The molecule has 0 aromatic heterocycles. The Kier molecular flexibility index (Phi) is 2.38. The van der Waals surface area contributed by atoms with Gasteiger partial charge in [-0.1, -0.05) is 12.2 Å². The highest BCUT2D eigenvalue weighted by Crippen LogP contribution is 2.29. The van der Waals surface area contributed by atoms with E-state index >= 15 is 0 Å². The van der Waals surface area contributed by atoms with Crippen molar-refractivity contribution in [3.63, 3.8) is 0 Å². The van der Waals surface area contributed by atoms with Gasteiger partial charge in [0.05, 0.1) is 0 Å². The first kappa shape index (κ1) is 8.79. The molecule has 1 heterocycles. The van der Waals surface area contributed by atoms with Crippen molar-refractivity contribution in [1.29, 1.82) is 0 Å². The van der Waals surface area contributed by atoms with E-state index in [0.717, 1.165) is 38.8 Å². The van der Waals surface area contributed by atoms with Crippen LogP contribution in [0.1, 0.15) is 32.1 Å². The molecule has 0 radical (unpaired) electrons. The zero-order valence-electron chi connectivity index (χ0n) is 8.09. The fourth-order valence-electron chi connectivity index (χ4n) is 2.07. The number of nitrogens with zero attached hydrogens (tertiary/aromatic N) is 1. The van der Waals surface area contributed by atoms with Gasteiger partial charge in [0.1, 0.15) is 0 Å². The summed E-state index contributed by atoms with van der Waals surface area (Å²) in [6.07, 6.45) is 5.39. The molecule has 2 fully saturated rings. The Morgan fingerprint density at radius 3 is 2.38 bits per heavy atom. The number of rotatable bonds is 1. The predicted molar refractivity (Wildman–Crippen MR) is 52.3 cm³/mol. The molecule has 1 saturated carbocycles. The van der Waals surface area contributed by atoms with Gasteiger partial charge in [-0.15, -0.1) is 0 Å². The van der Waals surface area contributed by atoms with Gasteiger partial charge < -0.3 is 4.90 Å². The topological polar surface area (TPSA) is 20.3 Å². The van der Waals surface area contributed by atoms with Gasteiger partial charge in [0.15, 0.2) is 0 Å².